The zero-order chi connectivity index (χ0) is 29.8. The smallest absolute Gasteiger partial charge is 0.217 e. The fourth-order valence-electron chi connectivity index (χ4n) is 8.19. The van der Waals surface area contributed by atoms with E-state index in [1.165, 1.54) is 0 Å². The van der Waals surface area contributed by atoms with Crippen LogP contribution in [-0.4, -0.2) is 49.1 Å². The van der Waals surface area contributed by atoms with Gasteiger partial charge in [0, 0.05) is 10.3 Å². The summed E-state index contributed by atoms with van der Waals surface area (Å²) in [6.45, 7) is 43.4. The molecule has 0 fully saturated rings. The molecule has 0 atom stereocenters. The number of hydrogen-bond donors (Lipinski definition) is 0. The molecular weight excluding hydrogens is 521 g/mol. The van der Waals surface area contributed by atoms with Crippen molar-refractivity contribution >= 4 is 33.0 Å². The minimum absolute atomic E-state index is 0.00994. The lowest BCUT2D eigenvalue weighted by atomic mass is 9.78. The molecule has 0 spiro atoms. The van der Waals surface area contributed by atoms with E-state index in [4.69, 9.17) is 13.3 Å². The van der Waals surface area contributed by atoms with Crippen LogP contribution in [0.3, 0.4) is 0 Å². The van der Waals surface area contributed by atoms with Gasteiger partial charge in [0.05, 0.1) is 18.9 Å². The third-order valence-corrected chi connectivity index (χ3v) is 23.8. The van der Waals surface area contributed by atoms with Gasteiger partial charge in [-0.2, -0.15) is 0 Å². The van der Waals surface area contributed by atoms with Crippen molar-refractivity contribution in [3.05, 3.63) is 0 Å². The molecule has 0 radical (unpaired) electrons. The van der Waals surface area contributed by atoms with Crippen molar-refractivity contribution in [1.82, 2.24) is 0 Å². The monoisotopic (exact) mass is 590 g/mol. The fraction of sp³-hybridized carbons (Fsp3) is 1.00. The summed E-state index contributed by atoms with van der Waals surface area (Å²) < 4.78 is 22.6. The van der Waals surface area contributed by atoms with E-state index in [0.29, 0.717) is 0 Å². The van der Waals surface area contributed by atoms with E-state index in [0.717, 1.165) is 51.4 Å². The van der Waals surface area contributed by atoms with Crippen molar-refractivity contribution in [2.45, 2.75) is 193 Å². The van der Waals surface area contributed by atoms with E-state index < -0.39 is 33.0 Å². The lowest BCUT2D eigenvalue weighted by molar-refractivity contribution is -0.0393. The van der Waals surface area contributed by atoms with Crippen LogP contribution in [0.1, 0.15) is 107 Å². The van der Waals surface area contributed by atoms with E-state index in [1.807, 2.05) is 0 Å². The van der Waals surface area contributed by atoms with Crippen LogP contribution in [0.25, 0.3) is 0 Å². The lowest BCUT2D eigenvalue weighted by Gasteiger charge is -2.62. The van der Waals surface area contributed by atoms with Crippen LogP contribution in [0.15, 0.2) is 0 Å². The molecule has 0 saturated carbocycles. The van der Waals surface area contributed by atoms with Crippen molar-refractivity contribution in [2.24, 2.45) is 0 Å². The van der Waals surface area contributed by atoms with Gasteiger partial charge >= 0.3 is 0 Å². The molecule has 0 rings (SSSR count). The Morgan fingerprint density at radius 1 is 0.405 bits per heavy atom. The largest absolute Gasteiger partial charge is 0.414 e. The van der Waals surface area contributed by atoms with Gasteiger partial charge in [0.1, 0.15) is 0 Å². The second-order valence-corrected chi connectivity index (χ2v) is 32.7. The predicted octanol–water partition coefficient (Wildman–Crippen LogP) is 10.9. The molecular formula is C30H70O3Si4. The van der Waals surface area contributed by atoms with Gasteiger partial charge in [-0.1, -0.05) is 75.0 Å². The van der Waals surface area contributed by atoms with Gasteiger partial charge in [0.2, 0.25) is 8.32 Å². The second-order valence-electron chi connectivity index (χ2n) is 14.6. The summed E-state index contributed by atoms with van der Waals surface area (Å²) in [6, 6.07) is 0. The SMILES string of the molecule is CCC(CC)(O[Si](C)(C)C(CC)(CC)O[Si](C)(C)C)C(CC)(CC)[Si](C)(C)OC(CC)(CC)[Si](C)(C)C. The van der Waals surface area contributed by atoms with Crippen LogP contribution in [0.2, 0.25) is 70.5 Å². The minimum Gasteiger partial charge on any atom is -0.414 e. The molecule has 0 unspecified atom stereocenters. The Balaban J connectivity index is 7.15. The summed E-state index contributed by atoms with van der Waals surface area (Å²) in [4.78, 5) is 0. The normalized spacial score (nSPS) is 15.4. The third kappa shape index (κ3) is 7.15. The standard InChI is InChI=1S/C30H70O3Si4/c1-19-27(20-2,31-37(17,18)30(25-7,26-8)32-35(12,13)14)28(21-3,22-4)36(15,16)33-29(23-5,24-6)34(9,10)11/h19-26H2,1-18H3. The first kappa shape index (κ1) is 37.7. The van der Waals surface area contributed by atoms with E-state index in [2.05, 4.69) is 121 Å². The summed E-state index contributed by atoms with van der Waals surface area (Å²) in [5.74, 6) is 0. The summed E-state index contributed by atoms with van der Waals surface area (Å²) in [7, 11) is -7.93. The third-order valence-electron chi connectivity index (χ3n) is 10.5. The Hall–Kier alpha value is 0.748. The molecule has 3 nitrogen and oxygen atoms in total. The first-order valence-electron chi connectivity index (χ1n) is 15.7. The molecule has 0 aromatic rings. The molecule has 0 aliphatic heterocycles. The van der Waals surface area contributed by atoms with Crippen LogP contribution >= 0.6 is 0 Å². The van der Waals surface area contributed by atoms with Crippen LogP contribution < -0.4 is 0 Å². The van der Waals surface area contributed by atoms with Crippen LogP contribution in [0.5, 0.6) is 0 Å². The van der Waals surface area contributed by atoms with Crippen LogP contribution in [0, 0.1) is 0 Å². The predicted molar refractivity (Wildman–Crippen MR) is 178 cm³/mol. The number of rotatable bonds is 18. The highest BCUT2D eigenvalue weighted by Crippen LogP contribution is 2.61. The van der Waals surface area contributed by atoms with E-state index in [1.54, 1.807) is 0 Å². The molecule has 0 aliphatic rings. The van der Waals surface area contributed by atoms with Crippen LogP contribution in [-0.2, 0) is 13.3 Å². The lowest BCUT2D eigenvalue weighted by Crippen LogP contribution is -2.70. The molecule has 0 bridgehead atoms. The van der Waals surface area contributed by atoms with Crippen molar-refractivity contribution in [3.8, 4) is 0 Å². The maximum atomic E-state index is 7.82. The quantitative estimate of drug-likeness (QED) is 0.149. The first-order chi connectivity index (χ1) is 16.6. The first-order valence-corrected chi connectivity index (χ1v) is 28.4. The molecule has 0 amide bonds. The molecule has 0 N–H and O–H groups in total. The summed E-state index contributed by atoms with van der Waals surface area (Å²) >= 11 is 0. The van der Waals surface area contributed by atoms with Crippen molar-refractivity contribution in [3.63, 3.8) is 0 Å². The maximum Gasteiger partial charge on any atom is 0.217 e. The van der Waals surface area contributed by atoms with Gasteiger partial charge in [-0.15, -0.1) is 0 Å². The molecule has 224 valence electrons. The Morgan fingerprint density at radius 3 is 1.03 bits per heavy atom. The van der Waals surface area contributed by atoms with Crippen molar-refractivity contribution in [1.29, 1.82) is 0 Å². The van der Waals surface area contributed by atoms with Crippen molar-refractivity contribution in [2.75, 3.05) is 0 Å². The molecule has 0 aliphatic carbocycles. The summed E-state index contributed by atoms with van der Waals surface area (Å²) in [5.41, 5.74) is -0.215. The molecule has 37 heavy (non-hydrogen) atoms. The molecule has 7 heteroatoms. The zero-order valence-corrected chi connectivity index (χ0v) is 32.9. The van der Waals surface area contributed by atoms with Gasteiger partial charge in [-0.05, 0) is 97.2 Å². The van der Waals surface area contributed by atoms with Gasteiger partial charge < -0.3 is 13.3 Å². The molecule has 0 saturated heterocycles. The zero-order valence-electron chi connectivity index (χ0n) is 28.9. The Morgan fingerprint density at radius 2 is 0.784 bits per heavy atom. The van der Waals surface area contributed by atoms with E-state index >= 15 is 0 Å². The Bertz CT molecular complexity index is 676. The van der Waals surface area contributed by atoms with E-state index in [9.17, 15) is 0 Å². The Kier molecular flexibility index (Phi) is 13.4. The van der Waals surface area contributed by atoms with Crippen LogP contribution in [0.4, 0.5) is 0 Å². The molecule has 0 aromatic heterocycles. The average Bonchev–Trinajstić information content (AvgIpc) is 2.79. The molecule has 0 aromatic carbocycles. The fourth-order valence-corrected chi connectivity index (χ4v) is 23.8. The number of hydrogen-bond acceptors (Lipinski definition) is 3. The maximum absolute atomic E-state index is 7.82. The highest BCUT2D eigenvalue weighted by Gasteiger charge is 2.64. The second kappa shape index (κ2) is 13.2. The summed E-state index contributed by atoms with van der Waals surface area (Å²) in [5, 5.41) is -0.132. The van der Waals surface area contributed by atoms with E-state index in [-0.39, 0.29) is 21.1 Å². The highest BCUT2D eigenvalue weighted by molar-refractivity contribution is 6.82. The molecule has 0 heterocycles. The Labute approximate surface area is 239 Å². The highest BCUT2D eigenvalue weighted by atomic mass is 28.4. The topological polar surface area (TPSA) is 27.7 Å². The van der Waals surface area contributed by atoms with Gasteiger partial charge in [-0.25, -0.2) is 0 Å². The average molecular weight is 591 g/mol. The van der Waals surface area contributed by atoms with Gasteiger partial charge in [0.15, 0.2) is 16.6 Å². The minimum atomic E-state index is -2.32. The van der Waals surface area contributed by atoms with Gasteiger partial charge in [-0.3, -0.25) is 0 Å². The summed E-state index contributed by atoms with van der Waals surface area (Å²) in [6.07, 6.45) is 8.49. The van der Waals surface area contributed by atoms with Gasteiger partial charge in [0.25, 0.3) is 0 Å². The van der Waals surface area contributed by atoms with Crippen molar-refractivity contribution < 1.29 is 13.3 Å².